The van der Waals surface area contributed by atoms with E-state index >= 15 is 0 Å². The second kappa shape index (κ2) is 10.5. The zero-order chi connectivity index (χ0) is 21.6. The molecule has 0 aromatic heterocycles. The smallest absolute Gasteiger partial charge is 0.165 e. The first-order valence-electron chi connectivity index (χ1n) is 11.9. The van der Waals surface area contributed by atoms with Crippen LogP contribution in [-0.4, -0.2) is 19.3 Å². The van der Waals surface area contributed by atoms with E-state index in [0.29, 0.717) is 24.4 Å². The van der Waals surface area contributed by atoms with Crippen molar-refractivity contribution in [3.8, 4) is 16.9 Å². The number of benzene rings is 2. The highest BCUT2D eigenvalue weighted by molar-refractivity contribution is 5.64. The molecule has 2 aliphatic rings. The van der Waals surface area contributed by atoms with E-state index < -0.39 is 0 Å². The molecule has 2 aromatic rings. The summed E-state index contributed by atoms with van der Waals surface area (Å²) in [5.41, 5.74) is 3.37. The summed E-state index contributed by atoms with van der Waals surface area (Å²) in [5, 5.41) is 0. The third kappa shape index (κ3) is 5.38. The first-order valence-corrected chi connectivity index (χ1v) is 11.9. The molecule has 2 saturated carbocycles. The molecule has 166 valence electrons. The molecule has 0 bridgehead atoms. The van der Waals surface area contributed by atoms with E-state index in [1.54, 1.807) is 12.1 Å². The topological polar surface area (TPSA) is 18.5 Å². The molecule has 2 aliphatic carbocycles. The van der Waals surface area contributed by atoms with Crippen molar-refractivity contribution in [2.24, 2.45) is 11.8 Å². The number of halogens is 1. The van der Waals surface area contributed by atoms with Crippen molar-refractivity contribution in [3.05, 3.63) is 66.0 Å². The van der Waals surface area contributed by atoms with Crippen LogP contribution in [0.25, 0.3) is 11.1 Å². The van der Waals surface area contributed by atoms with Crippen molar-refractivity contribution in [2.75, 3.05) is 13.2 Å². The van der Waals surface area contributed by atoms with Crippen LogP contribution in [0.4, 0.5) is 4.39 Å². The molecule has 4 atom stereocenters. The van der Waals surface area contributed by atoms with Crippen molar-refractivity contribution in [2.45, 2.75) is 64.4 Å². The van der Waals surface area contributed by atoms with Crippen LogP contribution in [0.15, 0.2) is 54.6 Å². The van der Waals surface area contributed by atoms with Crippen LogP contribution in [0.2, 0.25) is 0 Å². The van der Waals surface area contributed by atoms with Gasteiger partial charge in [0.25, 0.3) is 0 Å². The Morgan fingerprint density at radius 3 is 2.42 bits per heavy atom. The second-order valence-electron chi connectivity index (χ2n) is 9.07. The molecule has 0 heterocycles. The van der Waals surface area contributed by atoms with Crippen molar-refractivity contribution in [1.29, 1.82) is 0 Å². The molecule has 0 N–H and O–H groups in total. The lowest BCUT2D eigenvalue weighted by Gasteiger charge is -2.42. The predicted molar refractivity (Wildman–Crippen MR) is 125 cm³/mol. The summed E-state index contributed by atoms with van der Waals surface area (Å²) < 4.78 is 25.8. The third-order valence-corrected chi connectivity index (χ3v) is 7.19. The monoisotopic (exact) mass is 422 g/mol. The number of allylic oxidation sites excluding steroid dienone is 1. The van der Waals surface area contributed by atoms with Crippen LogP contribution < -0.4 is 4.74 Å². The van der Waals surface area contributed by atoms with Gasteiger partial charge in [-0.25, -0.2) is 4.39 Å². The average molecular weight is 423 g/mol. The highest BCUT2D eigenvalue weighted by Crippen LogP contribution is 2.46. The van der Waals surface area contributed by atoms with Gasteiger partial charge in [-0.15, -0.1) is 0 Å². The molecule has 2 nitrogen and oxygen atoms in total. The minimum atomic E-state index is -0.313. The molecule has 4 rings (SSSR count). The average Bonchev–Trinajstić information content (AvgIpc) is 2.80. The Kier molecular flexibility index (Phi) is 7.45. The Morgan fingerprint density at radius 1 is 0.935 bits per heavy atom. The maximum Gasteiger partial charge on any atom is 0.165 e. The van der Waals surface area contributed by atoms with Gasteiger partial charge in [-0.1, -0.05) is 42.5 Å². The molecule has 31 heavy (non-hydrogen) atoms. The first kappa shape index (κ1) is 22.1. The molecule has 2 aromatic carbocycles. The normalized spacial score (nSPS) is 26.0. The fraction of sp³-hybridized carbons (Fsp3) is 0.500. The molecular formula is C28H35FO2. The number of rotatable bonds is 7. The maximum absolute atomic E-state index is 14.4. The van der Waals surface area contributed by atoms with Crippen LogP contribution in [0.3, 0.4) is 0 Å². The van der Waals surface area contributed by atoms with Crippen molar-refractivity contribution < 1.29 is 13.9 Å². The Labute approximate surface area is 186 Å². The van der Waals surface area contributed by atoms with E-state index in [0.717, 1.165) is 29.6 Å². The zero-order valence-electron chi connectivity index (χ0n) is 18.9. The van der Waals surface area contributed by atoms with Gasteiger partial charge in [0.1, 0.15) is 6.61 Å². The van der Waals surface area contributed by atoms with E-state index in [2.05, 4.69) is 31.2 Å². The lowest BCUT2D eigenvalue weighted by molar-refractivity contribution is -0.00955. The molecule has 3 heteroatoms. The summed E-state index contributed by atoms with van der Waals surface area (Å²) >= 11 is 0. The van der Waals surface area contributed by atoms with Gasteiger partial charge >= 0.3 is 0 Å². The van der Waals surface area contributed by atoms with Gasteiger partial charge in [0.15, 0.2) is 11.6 Å². The van der Waals surface area contributed by atoms with Gasteiger partial charge in [0.05, 0.1) is 6.10 Å². The van der Waals surface area contributed by atoms with Crippen LogP contribution in [0.5, 0.6) is 5.75 Å². The number of hydrogen-bond acceptors (Lipinski definition) is 2. The van der Waals surface area contributed by atoms with Gasteiger partial charge in [-0.05, 0) is 98.9 Å². The number of ether oxygens (including phenoxy) is 2. The first-order chi connectivity index (χ1) is 15.2. The lowest BCUT2D eigenvalue weighted by Crippen LogP contribution is -2.33. The fourth-order valence-electron chi connectivity index (χ4n) is 5.52. The quantitative estimate of drug-likeness (QED) is 0.429. The van der Waals surface area contributed by atoms with Crippen molar-refractivity contribution >= 4 is 0 Å². The standard InChI is InChI=1S/C28H35FO2/c1-3-5-16-31-28-15-13-25(19-27(28)29)21-8-6-20(7-9-21)22-10-11-24-18-26(30-4-2)14-12-23(24)17-22/h3,5-9,13,15,19,22-24,26H,4,10-12,14,16-18H2,1-2H3/b5-3+. The van der Waals surface area contributed by atoms with E-state index in [-0.39, 0.29) is 5.82 Å². The van der Waals surface area contributed by atoms with Gasteiger partial charge in [0, 0.05) is 6.61 Å². The van der Waals surface area contributed by atoms with Crippen molar-refractivity contribution in [1.82, 2.24) is 0 Å². The van der Waals surface area contributed by atoms with Gasteiger partial charge in [-0.2, -0.15) is 0 Å². The molecule has 0 amide bonds. The van der Waals surface area contributed by atoms with Crippen LogP contribution in [-0.2, 0) is 4.74 Å². The molecular weight excluding hydrogens is 387 g/mol. The van der Waals surface area contributed by atoms with Gasteiger partial charge in [-0.3, -0.25) is 0 Å². The predicted octanol–water partition coefficient (Wildman–Crippen LogP) is 7.54. The van der Waals surface area contributed by atoms with E-state index in [4.69, 9.17) is 9.47 Å². The highest BCUT2D eigenvalue weighted by Gasteiger charge is 2.36. The van der Waals surface area contributed by atoms with Crippen molar-refractivity contribution in [3.63, 3.8) is 0 Å². The maximum atomic E-state index is 14.4. The SMILES string of the molecule is C/C=C/COc1ccc(-c2ccc(C3CCC4CC(OCC)CCC4C3)cc2)cc1F. The molecule has 0 saturated heterocycles. The number of fused-ring (bicyclic) bond motifs is 1. The Morgan fingerprint density at radius 2 is 1.68 bits per heavy atom. The van der Waals surface area contributed by atoms with Gasteiger partial charge < -0.3 is 9.47 Å². The third-order valence-electron chi connectivity index (χ3n) is 7.19. The Bertz CT molecular complexity index is 873. The summed E-state index contributed by atoms with van der Waals surface area (Å²) in [7, 11) is 0. The van der Waals surface area contributed by atoms with Gasteiger partial charge in [0.2, 0.25) is 0 Å². The minimum absolute atomic E-state index is 0.300. The van der Waals surface area contributed by atoms with Crippen LogP contribution in [0.1, 0.15) is 63.9 Å². The van der Waals surface area contributed by atoms with Crippen LogP contribution in [0, 0.1) is 17.7 Å². The number of hydrogen-bond donors (Lipinski definition) is 0. The molecule has 0 radical (unpaired) electrons. The largest absolute Gasteiger partial charge is 0.486 e. The Balaban J connectivity index is 1.38. The summed E-state index contributed by atoms with van der Waals surface area (Å²) in [5.74, 6) is 2.33. The fourth-order valence-corrected chi connectivity index (χ4v) is 5.52. The Hall–Kier alpha value is -2.13. The molecule has 4 unspecified atom stereocenters. The minimum Gasteiger partial charge on any atom is -0.486 e. The molecule has 0 aliphatic heterocycles. The van der Waals surface area contributed by atoms with E-state index in [1.165, 1.54) is 44.1 Å². The van der Waals surface area contributed by atoms with E-state index in [9.17, 15) is 4.39 Å². The zero-order valence-corrected chi connectivity index (χ0v) is 18.9. The molecule has 2 fully saturated rings. The lowest BCUT2D eigenvalue weighted by atomic mass is 9.65. The van der Waals surface area contributed by atoms with E-state index in [1.807, 2.05) is 25.1 Å². The molecule has 0 spiro atoms. The summed E-state index contributed by atoms with van der Waals surface area (Å²) in [4.78, 5) is 0. The summed E-state index contributed by atoms with van der Waals surface area (Å²) in [6, 6.07) is 14.0. The second-order valence-corrected chi connectivity index (χ2v) is 9.07. The summed E-state index contributed by atoms with van der Waals surface area (Å²) in [6.07, 6.45) is 11.9. The summed E-state index contributed by atoms with van der Waals surface area (Å²) in [6.45, 7) is 5.25. The highest BCUT2D eigenvalue weighted by atomic mass is 19.1. The van der Waals surface area contributed by atoms with Crippen LogP contribution >= 0.6 is 0 Å².